The lowest BCUT2D eigenvalue weighted by Gasteiger charge is -2.20. The first kappa shape index (κ1) is 21.5. The van der Waals surface area contributed by atoms with Crippen LogP contribution in [-0.4, -0.2) is 43.0 Å². The second-order valence-corrected chi connectivity index (χ2v) is 6.72. The van der Waals surface area contributed by atoms with Gasteiger partial charge in [-0.25, -0.2) is 0 Å². The number of nitrogens with two attached hydrogens (primary N) is 1. The van der Waals surface area contributed by atoms with Crippen molar-refractivity contribution in [1.82, 2.24) is 10.6 Å². The molecule has 1 rings (SSSR count). The van der Waals surface area contributed by atoms with Crippen LogP contribution in [0.1, 0.15) is 44.9 Å². The molecular formula is C15H30ClN3O2S. The highest BCUT2D eigenvalue weighted by atomic mass is 35.5. The molecule has 0 aromatic carbocycles. The summed E-state index contributed by atoms with van der Waals surface area (Å²) in [5.74, 6) is 1.40. The maximum absolute atomic E-state index is 11.8. The minimum atomic E-state index is -0.449. The number of carbonyl (C=O) groups excluding carboxylic acids is 2. The average molecular weight is 352 g/mol. The molecule has 130 valence electrons. The summed E-state index contributed by atoms with van der Waals surface area (Å²) in [6.45, 7) is 0.925. The number of hydrogen-bond donors (Lipinski definition) is 3. The van der Waals surface area contributed by atoms with Crippen molar-refractivity contribution >= 4 is 36.0 Å². The van der Waals surface area contributed by atoms with Crippen LogP contribution in [0.5, 0.6) is 0 Å². The topological polar surface area (TPSA) is 84.2 Å². The number of amides is 2. The van der Waals surface area contributed by atoms with Gasteiger partial charge >= 0.3 is 0 Å². The quantitative estimate of drug-likeness (QED) is 0.552. The summed E-state index contributed by atoms with van der Waals surface area (Å²) < 4.78 is 0. The monoisotopic (exact) mass is 351 g/mol. The second kappa shape index (κ2) is 13.0. The molecule has 1 atom stereocenters. The molecule has 0 saturated heterocycles. The molecular weight excluding hydrogens is 322 g/mol. The highest BCUT2D eigenvalue weighted by molar-refractivity contribution is 7.98. The summed E-state index contributed by atoms with van der Waals surface area (Å²) in [6, 6.07) is -0.449. The number of hydrogen-bond acceptors (Lipinski definition) is 4. The van der Waals surface area contributed by atoms with E-state index in [1.807, 2.05) is 6.26 Å². The minimum Gasteiger partial charge on any atom is -0.354 e. The molecule has 0 unspecified atom stereocenters. The first-order valence-corrected chi connectivity index (χ1v) is 9.31. The number of halogens is 1. The second-order valence-electron chi connectivity index (χ2n) is 5.74. The molecule has 1 fully saturated rings. The SMILES string of the molecule is CSCC[C@H](N)C(=O)NCCNC(=O)CC1CCCCC1.Cl. The number of thioether (sulfide) groups is 1. The predicted molar refractivity (Wildman–Crippen MR) is 95.4 cm³/mol. The Kier molecular flexibility index (Phi) is 12.8. The summed E-state index contributed by atoms with van der Waals surface area (Å²) in [5, 5.41) is 5.63. The average Bonchev–Trinajstić information content (AvgIpc) is 2.49. The highest BCUT2D eigenvalue weighted by Crippen LogP contribution is 2.25. The van der Waals surface area contributed by atoms with Crippen LogP contribution in [0.15, 0.2) is 0 Å². The van der Waals surface area contributed by atoms with Crippen molar-refractivity contribution in [2.75, 3.05) is 25.1 Å². The van der Waals surface area contributed by atoms with Crippen LogP contribution in [0.3, 0.4) is 0 Å². The molecule has 2 amide bonds. The van der Waals surface area contributed by atoms with Gasteiger partial charge in [-0.1, -0.05) is 19.3 Å². The van der Waals surface area contributed by atoms with Gasteiger partial charge in [0, 0.05) is 19.5 Å². The smallest absolute Gasteiger partial charge is 0.237 e. The zero-order chi connectivity index (χ0) is 15.5. The van der Waals surface area contributed by atoms with E-state index < -0.39 is 6.04 Å². The highest BCUT2D eigenvalue weighted by Gasteiger charge is 2.17. The Hall–Kier alpha value is -0.460. The molecule has 0 aliphatic heterocycles. The van der Waals surface area contributed by atoms with Crippen LogP contribution in [0.4, 0.5) is 0 Å². The lowest BCUT2D eigenvalue weighted by molar-refractivity contribution is -0.124. The number of carbonyl (C=O) groups is 2. The van der Waals surface area contributed by atoms with E-state index in [2.05, 4.69) is 10.6 Å². The predicted octanol–water partition coefficient (Wildman–Crippen LogP) is 1.69. The molecule has 4 N–H and O–H groups in total. The van der Waals surface area contributed by atoms with Crippen molar-refractivity contribution in [3.8, 4) is 0 Å². The summed E-state index contributed by atoms with van der Waals surface area (Å²) >= 11 is 1.68. The van der Waals surface area contributed by atoms with Gasteiger partial charge in [-0.05, 0) is 37.2 Å². The normalized spacial score (nSPS) is 16.5. The van der Waals surface area contributed by atoms with Crippen molar-refractivity contribution in [3.05, 3.63) is 0 Å². The maximum Gasteiger partial charge on any atom is 0.237 e. The van der Waals surface area contributed by atoms with Gasteiger partial charge in [0.25, 0.3) is 0 Å². The molecule has 7 heteroatoms. The Balaban J connectivity index is 0.00000441. The largest absolute Gasteiger partial charge is 0.354 e. The Labute approximate surface area is 144 Å². The van der Waals surface area contributed by atoms with Crippen molar-refractivity contribution in [2.24, 2.45) is 11.7 Å². The molecule has 5 nitrogen and oxygen atoms in total. The van der Waals surface area contributed by atoms with Gasteiger partial charge in [0.05, 0.1) is 6.04 Å². The minimum absolute atomic E-state index is 0. The lowest BCUT2D eigenvalue weighted by atomic mass is 9.87. The molecule has 0 aromatic rings. The van der Waals surface area contributed by atoms with Crippen molar-refractivity contribution in [2.45, 2.75) is 51.0 Å². The van der Waals surface area contributed by atoms with E-state index in [1.165, 1.54) is 32.1 Å². The Morgan fingerprint density at radius 2 is 1.82 bits per heavy atom. The molecule has 1 saturated carbocycles. The van der Waals surface area contributed by atoms with Gasteiger partial charge in [0.15, 0.2) is 0 Å². The van der Waals surface area contributed by atoms with Gasteiger partial charge < -0.3 is 16.4 Å². The zero-order valence-corrected chi connectivity index (χ0v) is 15.1. The number of nitrogens with one attached hydrogen (secondary N) is 2. The summed E-state index contributed by atoms with van der Waals surface area (Å²) in [6.07, 6.45) is 9.46. The van der Waals surface area contributed by atoms with E-state index in [9.17, 15) is 9.59 Å². The summed E-state index contributed by atoms with van der Waals surface area (Å²) in [5.41, 5.74) is 5.76. The van der Waals surface area contributed by atoms with E-state index >= 15 is 0 Å². The van der Waals surface area contributed by atoms with Gasteiger partial charge in [-0.2, -0.15) is 11.8 Å². The summed E-state index contributed by atoms with van der Waals surface area (Å²) in [7, 11) is 0. The summed E-state index contributed by atoms with van der Waals surface area (Å²) in [4.78, 5) is 23.4. The van der Waals surface area contributed by atoms with Gasteiger partial charge in [-0.15, -0.1) is 12.4 Å². The molecule has 0 aromatic heterocycles. The standard InChI is InChI=1S/C15H29N3O2S.ClH/c1-21-10-7-13(16)15(20)18-9-8-17-14(19)11-12-5-3-2-4-6-12;/h12-13H,2-11,16H2,1H3,(H,17,19)(H,18,20);1H/t13-;/m0./s1. The molecule has 1 aliphatic rings. The number of rotatable bonds is 9. The maximum atomic E-state index is 11.8. The van der Waals surface area contributed by atoms with Crippen LogP contribution in [0, 0.1) is 5.92 Å². The first-order valence-electron chi connectivity index (χ1n) is 7.92. The Bertz CT molecular complexity index is 326. The van der Waals surface area contributed by atoms with Crippen LogP contribution in [0.2, 0.25) is 0 Å². The van der Waals surface area contributed by atoms with E-state index in [1.54, 1.807) is 11.8 Å². The third-order valence-corrected chi connectivity index (χ3v) is 4.56. The van der Waals surface area contributed by atoms with Crippen LogP contribution >= 0.6 is 24.2 Å². The zero-order valence-electron chi connectivity index (χ0n) is 13.4. The molecule has 0 bridgehead atoms. The van der Waals surface area contributed by atoms with Gasteiger partial charge in [0.2, 0.25) is 11.8 Å². The Morgan fingerprint density at radius 3 is 2.45 bits per heavy atom. The fraction of sp³-hybridized carbons (Fsp3) is 0.867. The molecule has 1 aliphatic carbocycles. The van der Waals surface area contributed by atoms with Crippen molar-refractivity contribution in [1.29, 1.82) is 0 Å². The third kappa shape index (κ3) is 9.54. The van der Waals surface area contributed by atoms with Crippen LogP contribution < -0.4 is 16.4 Å². The van der Waals surface area contributed by atoms with E-state index in [0.29, 0.717) is 31.8 Å². The van der Waals surface area contributed by atoms with Crippen molar-refractivity contribution in [3.63, 3.8) is 0 Å². The van der Waals surface area contributed by atoms with Crippen LogP contribution in [-0.2, 0) is 9.59 Å². The van der Waals surface area contributed by atoms with Gasteiger partial charge in [-0.3, -0.25) is 9.59 Å². The van der Waals surface area contributed by atoms with Crippen molar-refractivity contribution < 1.29 is 9.59 Å². The van der Waals surface area contributed by atoms with Gasteiger partial charge in [0.1, 0.15) is 0 Å². The van der Waals surface area contributed by atoms with E-state index in [4.69, 9.17) is 5.73 Å². The van der Waals surface area contributed by atoms with Crippen LogP contribution in [0.25, 0.3) is 0 Å². The Morgan fingerprint density at radius 1 is 1.18 bits per heavy atom. The molecule has 22 heavy (non-hydrogen) atoms. The molecule has 0 heterocycles. The molecule has 0 spiro atoms. The fourth-order valence-corrected chi connectivity index (χ4v) is 3.11. The third-order valence-electron chi connectivity index (χ3n) is 3.91. The van der Waals surface area contributed by atoms with E-state index in [-0.39, 0.29) is 24.2 Å². The fourth-order valence-electron chi connectivity index (χ4n) is 2.62. The first-order chi connectivity index (χ1) is 10.1. The van der Waals surface area contributed by atoms with E-state index in [0.717, 1.165) is 5.75 Å². The molecule has 0 radical (unpaired) electrons. The lowest BCUT2D eigenvalue weighted by Crippen LogP contribution is -2.43.